The van der Waals surface area contributed by atoms with E-state index in [-0.39, 0.29) is 35.5 Å². The summed E-state index contributed by atoms with van der Waals surface area (Å²) in [5, 5.41) is 13.4. The minimum Gasteiger partial charge on any atom is -0.449 e. The van der Waals surface area contributed by atoms with Crippen molar-refractivity contribution in [3.8, 4) is 23.0 Å². The van der Waals surface area contributed by atoms with Crippen LogP contribution >= 0.6 is 11.6 Å². The number of alkyl carbamates (subject to hydrolysis) is 1. The van der Waals surface area contributed by atoms with Crippen LogP contribution in [0.15, 0.2) is 60.8 Å². The van der Waals surface area contributed by atoms with E-state index in [2.05, 4.69) is 34.3 Å². The number of nitrogens with one attached hydrogen (secondary N) is 1. The van der Waals surface area contributed by atoms with Gasteiger partial charge >= 0.3 is 6.09 Å². The van der Waals surface area contributed by atoms with Gasteiger partial charge in [-0.05, 0) is 22.3 Å². The number of nitro groups is 1. The predicted octanol–water partition coefficient (Wildman–Crippen LogP) is 4.53. The third kappa shape index (κ3) is 4.34. The molecule has 154 valence electrons. The van der Waals surface area contributed by atoms with E-state index in [1.165, 1.54) is 6.07 Å². The molecule has 0 unspecified atom stereocenters. The van der Waals surface area contributed by atoms with Crippen molar-refractivity contribution in [1.29, 1.82) is 0 Å². The van der Waals surface area contributed by atoms with Crippen molar-refractivity contribution in [2.75, 3.05) is 13.2 Å². The van der Waals surface area contributed by atoms with E-state index in [0.29, 0.717) is 0 Å². The molecule has 1 amide bonds. The van der Waals surface area contributed by atoms with Gasteiger partial charge < -0.3 is 10.1 Å². The summed E-state index contributed by atoms with van der Waals surface area (Å²) >= 11 is 5.90. The van der Waals surface area contributed by atoms with Crippen LogP contribution in [0, 0.1) is 22.0 Å². The monoisotopic (exact) mass is 433 g/mol. The normalized spacial score (nSPS) is 11.6. The highest BCUT2D eigenvalue weighted by Crippen LogP contribution is 2.44. The Morgan fingerprint density at radius 3 is 2.45 bits per heavy atom. The summed E-state index contributed by atoms with van der Waals surface area (Å²) in [4.78, 5) is 26.1. The summed E-state index contributed by atoms with van der Waals surface area (Å²) in [6.45, 7) is 0.198. The number of ether oxygens (including phenoxy) is 1. The minimum absolute atomic E-state index is 0.00427. The Morgan fingerprint density at radius 1 is 1.16 bits per heavy atom. The first-order chi connectivity index (χ1) is 15.0. The Hall–Kier alpha value is -3.89. The Balaban J connectivity index is 1.36. The summed E-state index contributed by atoms with van der Waals surface area (Å²) in [6, 6.07) is 17.4. The zero-order valence-corrected chi connectivity index (χ0v) is 16.9. The van der Waals surface area contributed by atoms with E-state index in [1.54, 1.807) is 0 Å². The maximum Gasteiger partial charge on any atom is 0.407 e. The van der Waals surface area contributed by atoms with Crippen LogP contribution < -0.4 is 5.32 Å². The Bertz CT molecular complexity index is 1190. The molecule has 2 aromatic carbocycles. The van der Waals surface area contributed by atoms with E-state index < -0.39 is 11.0 Å². The van der Waals surface area contributed by atoms with Gasteiger partial charge in [-0.2, -0.15) is 0 Å². The molecule has 0 aliphatic heterocycles. The molecule has 4 rings (SSSR count). The van der Waals surface area contributed by atoms with Crippen LogP contribution in [0.5, 0.6) is 0 Å². The van der Waals surface area contributed by atoms with Crippen molar-refractivity contribution in [1.82, 2.24) is 10.3 Å². The van der Waals surface area contributed by atoms with Crippen molar-refractivity contribution < 1.29 is 14.5 Å². The summed E-state index contributed by atoms with van der Waals surface area (Å²) in [5.41, 5.74) is 4.57. The average Bonchev–Trinajstić information content (AvgIpc) is 3.10. The van der Waals surface area contributed by atoms with Gasteiger partial charge in [-0.25, -0.2) is 9.78 Å². The van der Waals surface area contributed by atoms with Gasteiger partial charge in [-0.15, -0.1) is 0 Å². The summed E-state index contributed by atoms with van der Waals surface area (Å²) in [7, 11) is 0. The summed E-state index contributed by atoms with van der Waals surface area (Å²) in [6.07, 6.45) is 0.460. The first kappa shape index (κ1) is 20.4. The number of hydrogen-bond acceptors (Lipinski definition) is 5. The Labute approximate surface area is 183 Å². The third-order valence-electron chi connectivity index (χ3n) is 4.92. The van der Waals surface area contributed by atoms with Crippen molar-refractivity contribution in [3.63, 3.8) is 0 Å². The number of nitrogens with zero attached hydrogens (tertiary/aromatic N) is 2. The fourth-order valence-corrected chi connectivity index (χ4v) is 3.68. The summed E-state index contributed by atoms with van der Waals surface area (Å²) in [5.74, 6) is 5.33. The van der Waals surface area contributed by atoms with Gasteiger partial charge in [0.1, 0.15) is 18.0 Å². The first-order valence-corrected chi connectivity index (χ1v) is 9.80. The van der Waals surface area contributed by atoms with Crippen molar-refractivity contribution in [2.45, 2.75) is 5.92 Å². The molecule has 0 bridgehead atoms. The second kappa shape index (κ2) is 8.86. The predicted molar refractivity (Wildman–Crippen MR) is 116 cm³/mol. The van der Waals surface area contributed by atoms with Crippen molar-refractivity contribution in [3.05, 3.63) is 92.8 Å². The number of halogens is 1. The summed E-state index contributed by atoms with van der Waals surface area (Å²) < 4.78 is 5.42. The van der Waals surface area contributed by atoms with Crippen LogP contribution in [0.2, 0.25) is 5.15 Å². The zero-order chi connectivity index (χ0) is 21.8. The van der Waals surface area contributed by atoms with Gasteiger partial charge in [0.15, 0.2) is 0 Å². The molecule has 7 nitrogen and oxygen atoms in total. The number of aromatic nitrogens is 1. The van der Waals surface area contributed by atoms with Gasteiger partial charge in [-0.1, -0.05) is 72.0 Å². The molecular weight excluding hydrogens is 418 g/mol. The third-order valence-corrected chi connectivity index (χ3v) is 5.22. The second-order valence-electron chi connectivity index (χ2n) is 6.77. The van der Waals surface area contributed by atoms with E-state index in [9.17, 15) is 14.9 Å². The van der Waals surface area contributed by atoms with Crippen LogP contribution in [0.4, 0.5) is 10.5 Å². The highest BCUT2D eigenvalue weighted by Gasteiger charge is 2.28. The molecule has 1 aliphatic rings. The van der Waals surface area contributed by atoms with E-state index in [4.69, 9.17) is 16.3 Å². The largest absolute Gasteiger partial charge is 0.449 e. The maximum atomic E-state index is 12.1. The molecule has 0 spiro atoms. The Morgan fingerprint density at radius 2 is 1.81 bits per heavy atom. The SMILES string of the molecule is O=C(NCC#Cc1cc([N+](=O)[O-])cnc1Cl)OCC1c2ccccc2-c2ccccc21. The lowest BCUT2D eigenvalue weighted by Gasteiger charge is -2.14. The quantitative estimate of drug-likeness (QED) is 0.282. The van der Waals surface area contributed by atoms with Crippen molar-refractivity contribution >= 4 is 23.4 Å². The molecule has 0 saturated carbocycles. The molecule has 1 heterocycles. The molecule has 0 saturated heterocycles. The molecule has 1 N–H and O–H groups in total. The first-order valence-electron chi connectivity index (χ1n) is 9.42. The molecule has 1 aliphatic carbocycles. The maximum absolute atomic E-state index is 12.1. The van der Waals surface area contributed by atoms with Gasteiger partial charge in [0.2, 0.25) is 0 Å². The molecule has 8 heteroatoms. The number of amides is 1. The minimum atomic E-state index is -0.598. The van der Waals surface area contributed by atoms with Crippen molar-refractivity contribution in [2.24, 2.45) is 0 Å². The van der Waals surface area contributed by atoms with Gasteiger partial charge in [0.05, 0.1) is 17.0 Å². The highest BCUT2D eigenvalue weighted by molar-refractivity contribution is 6.30. The fourth-order valence-electron chi connectivity index (χ4n) is 3.53. The lowest BCUT2D eigenvalue weighted by atomic mass is 9.98. The van der Waals surface area contributed by atoms with Crippen LogP contribution in [-0.4, -0.2) is 29.2 Å². The number of rotatable bonds is 4. The highest BCUT2D eigenvalue weighted by atomic mass is 35.5. The molecule has 3 aromatic rings. The average molecular weight is 434 g/mol. The molecule has 0 fully saturated rings. The van der Waals surface area contributed by atoms with Crippen LogP contribution in [0.3, 0.4) is 0 Å². The molecular formula is C23H16ClN3O4. The van der Waals surface area contributed by atoms with Gasteiger partial charge in [0.25, 0.3) is 5.69 Å². The standard InChI is InChI=1S/C23H16ClN3O4/c24-22-15(12-16(13-26-22)27(29)30)6-5-11-25-23(28)31-14-21-19-9-3-1-7-17(19)18-8-2-4-10-20(18)21/h1-4,7-10,12-13,21H,11,14H2,(H,25,28). The Kier molecular flexibility index (Phi) is 5.83. The number of carbonyl (C=O) groups excluding carboxylic acids is 1. The van der Waals surface area contributed by atoms with Gasteiger partial charge in [0, 0.05) is 12.0 Å². The number of pyridine rings is 1. The van der Waals surface area contributed by atoms with E-state index >= 15 is 0 Å². The molecule has 0 radical (unpaired) electrons. The van der Waals surface area contributed by atoms with Gasteiger partial charge in [-0.3, -0.25) is 10.1 Å². The lowest BCUT2D eigenvalue weighted by Crippen LogP contribution is -2.26. The fraction of sp³-hybridized carbons (Fsp3) is 0.130. The topological polar surface area (TPSA) is 94.4 Å². The lowest BCUT2D eigenvalue weighted by molar-refractivity contribution is -0.385. The van der Waals surface area contributed by atoms with Crippen LogP contribution in [0.1, 0.15) is 22.6 Å². The molecule has 1 aromatic heterocycles. The van der Waals surface area contributed by atoms with E-state index in [0.717, 1.165) is 28.5 Å². The number of hydrogen-bond donors (Lipinski definition) is 1. The van der Waals surface area contributed by atoms with E-state index in [1.807, 2.05) is 36.4 Å². The molecule has 0 atom stereocenters. The van der Waals surface area contributed by atoms with Crippen LogP contribution in [-0.2, 0) is 4.74 Å². The number of fused-ring (bicyclic) bond motifs is 3. The smallest absolute Gasteiger partial charge is 0.407 e. The number of carbonyl (C=O) groups is 1. The number of benzene rings is 2. The van der Waals surface area contributed by atoms with Crippen LogP contribution in [0.25, 0.3) is 11.1 Å². The molecule has 31 heavy (non-hydrogen) atoms. The zero-order valence-electron chi connectivity index (χ0n) is 16.2. The second-order valence-corrected chi connectivity index (χ2v) is 7.13.